The van der Waals surface area contributed by atoms with Gasteiger partial charge in [0.1, 0.15) is 17.3 Å². The maximum Gasteiger partial charge on any atom is 0.329 e. The first-order valence-corrected chi connectivity index (χ1v) is 5.79. The molecule has 8 nitrogen and oxygen atoms in total. The molecular formula is C11H16N6O2. The highest BCUT2D eigenvalue weighted by Crippen LogP contribution is 2.08. The smallest absolute Gasteiger partial charge is 0.329 e. The molecule has 8 heteroatoms. The van der Waals surface area contributed by atoms with Crippen LogP contribution < -0.4 is 22.3 Å². The number of rotatable bonds is 4. The third-order valence-corrected chi connectivity index (χ3v) is 2.94. The summed E-state index contributed by atoms with van der Waals surface area (Å²) < 4.78 is 3.08. The second kappa shape index (κ2) is 5.01. The summed E-state index contributed by atoms with van der Waals surface area (Å²) in [5.74, 6) is 1.01. The number of anilines is 2. The van der Waals surface area contributed by atoms with Gasteiger partial charge in [0.15, 0.2) is 0 Å². The second-order valence-electron chi connectivity index (χ2n) is 4.21. The van der Waals surface area contributed by atoms with Crippen molar-refractivity contribution in [2.45, 2.75) is 6.42 Å². The lowest BCUT2D eigenvalue weighted by molar-refractivity contribution is 0.783. The van der Waals surface area contributed by atoms with E-state index in [1.165, 1.54) is 11.6 Å². The van der Waals surface area contributed by atoms with Crippen molar-refractivity contribution >= 4 is 11.5 Å². The van der Waals surface area contributed by atoms with Crippen molar-refractivity contribution in [2.24, 2.45) is 14.1 Å². The van der Waals surface area contributed by atoms with Gasteiger partial charge in [-0.05, 0) is 0 Å². The van der Waals surface area contributed by atoms with Gasteiger partial charge in [0.25, 0.3) is 5.56 Å². The fourth-order valence-corrected chi connectivity index (χ4v) is 1.74. The SMILES string of the molecule is Cn1ccnc1CCNc1c(N)n(C)c(=O)[nH]c1=O. The normalized spacial score (nSPS) is 10.6. The van der Waals surface area contributed by atoms with E-state index in [1.807, 2.05) is 17.8 Å². The van der Waals surface area contributed by atoms with E-state index in [0.717, 1.165) is 5.82 Å². The molecule has 2 aromatic heterocycles. The Morgan fingerprint density at radius 2 is 2.16 bits per heavy atom. The number of nitrogens with one attached hydrogen (secondary N) is 2. The van der Waals surface area contributed by atoms with Crippen LogP contribution in [-0.2, 0) is 20.5 Å². The molecule has 0 saturated heterocycles. The van der Waals surface area contributed by atoms with Crippen molar-refractivity contribution in [3.8, 4) is 0 Å². The van der Waals surface area contributed by atoms with Crippen LogP contribution in [0.15, 0.2) is 22.0 Å². The molecule has 0 amide bonds. The van der Waals surface area contributed by atoms with Gasteiger partial charge in [-0.15, -0.1) is 0 Å². The van der Waals surface area contributed by atoms with Crippen LogP contribution in [0.2, 0.25) is 0 Å². The van der Waals surface area contributed by atoms with Crippen molar-refractivity contribution in [1.82, 2.24) is 19.1 Å². The van der Waals surface area contributed by atoms with E-state index in [4.69, 9.17) is 5.73 Å². The van der Waals surface area contributed by atoms with Gasteiger partial charge in [0.05, 0.1) is 0 Å². The largest absolute Gasteiger partial charge is 0.383 e. The van der Waals surface area contributed by atoms with E-state index in [1.54, 1.807) is 6.20 Å². The highest BCUT2D eigenvalue weighted by molar-refractivity contribution is 5.60. The van der Waals surface area contributed by atoms with Gasteiger partial charge in [-0.25, -0.2) is 9.78 Å². The molecule has 0 unspecified atom stereocenters. The van der Waals surface area contributed by atoms with Gasteiger partial charge in [0, 0.05) is 39.5 Å². The molecular weight excluding hydrogens is 248 g/mol. The molecule has 0 saturated carbocycles. The lowest BCUT2D eigenvalue weighted by Gasteiger charge is -2.10. The van der Waals surface area contributed by atoms with Crippen molar-refractivity contribution in [3.63, 3.8) is 0 Å². The minimum Gasteiger partial charge on any atom is -0.383 e. The van der Waals surface area contributed by atoms with Crippen LogP contribution in [0.1, 0.15) is 5.82 Å². The van der Waals surface area contributed by atoms with Crippen LogP contribution >= 0.6 is 0 Å². The molecule has 0 fully saturated rings. The number of nitrogens with zero attached hydrogens (tertiary/aromatic N) is 3. The summed E-state index contributed by atoms with van der Waals surface area (Å²) in [6.07, 6.45) is 4.21. The molecule has 0 radical (unpaired) electrons. The van der Waals surface area contributed by atoms with E-state index in [-0.39, 0.29) is 11.5 Å². The fourth-order valence-electron chi connectivity index (χ4n) is 1.74. The summed E-state index contributed by atoms with van der Waals surface area (Å²) in [5.41, 5.74) is 4.89. The van der Waals surface area contributed by atoms with Crippen LogP contribution in [0, 0.1) is 0 Å². The summed E-state index contributed by atoms with van der Waals surface area (Å²) in [7, 11) is 3.40. The molecule has 0 spiro atoms. The van der Waals surface area contributed by atoms with Crippen LogP contribution in [-0.4, -0.2) is 25.6 Å². The first-order chi connectivity index (χ1) is 9.00. The number of aromatic amines is 1. The Bertz CT molecular complexity index is 696. The summed E-state index contributed by atoms with van der Waals surface area (Å²) in [5, 5.41) is 2.93. The first kappa shape index (κ1) is 12.9. The maximum atomic E-state index is 11.6. The lowest BCUT2D eigenvalue weighted by Crippen LogP contribution is -2.32. The summed E-state index contributed by atoms with van der Waals surface area (Å²) in [6, 6.07) is 0. The van der Waals surface area contributed by atoms with Crippen LogP contribution in [0.3, 0.4) is 0 Å². The Morgan fingerprint density at radius 3 is 2.79 bits per heavy atom. The number of nitrogen functional groups attached to an aromatic ring is 1. The van der Waals surface area contributed by atoms with Gasteiger partial charge in [-0.1, -0.05) is 0 Å². The molecule has 0 aliphatic rings. The summed E-state index contributed by atoms with van der Waals surface area (Å²) >= 11 is 0. The Hall–Kier alpha value is -2.51. The molecule has 0 bridgehead atoms. The molecule has 0 aliphatic heterocycles. The molecule has 19 heavy (non-hydrogen) atoms. The topological polar surface area (TPSA) is 111 Å². The molecule has 2 heterocycles. The number of imidazole rings is 1. The van der Waals surface area contributed by atoms with Crippen molar-refractivity contribution in [3.05, 3.63) is 39.1 Å². The first-order valence-electron chi connectivity index (χ1n) is 5.79. The van der Waals surface area contributed by atoms with E-state index >= 15 is 0 Å². The van der Waals surface area contributed by atoms with E-state index in [2.05, 4.69) is 15.3 Å². The third-order valence-electron chi connectivity index (χ3n) is 2.94. The predicted molar refractivity (Wildman–Crippen MR) is 72.1 cm³/mol. The lowest BCUT2D eigenvalue weighted by atomic mass is 10.3. The van der Waals surface area contributed by atoms with Crippen molar-refractivity contribution < 1.29 is 0 Å². The van der Waals surface area contributed by atoms with Gasteiger partial charge in [-0.3, -0.25) is 14.3 Å². The minimum atomic E-state index is -0.530. The Balaban J connectivity index is 2.13. The molecule has 4 N–H and O–H groups in total. The van der Waals surface area contributed by atoms with Crippen LogP contribution in [0.5, 0.6) is 0 Å². The second-order valence-corrected chi connectivity index (χ2v) is 4.21. The Kier molecular flexibility index (Phi) is 3.41. The van der Waals surface area contributed by atoms with Crippen molar-refractivity contribution in [2.75, 3.05) is 17.6 Å². The standard InChI is InChI=1S/C11H16N6O2/c1-16-6-5-13-7(16)3-4-14-8-9(12)17(2)11(19)15-10(8)18/h5-6,14H,3-4,12H2,1-2H3,(H,15,18,19). The molecule has 0 atom stereocenters. The van der Waals surface area contributed by atoms with Crippen LogP contribution in [0.25, 0.3) is 0 Å². The number of aromatic nitrogens is 4. The third kappa shape index (κ3) is 2.51. The number of hydrogen-bond acceptors (Lipinski definition) is 5. The zero-order chi connectivity index (χ0) is 14.0. The van der Waals surface area contributed by atoms with E-state index in [9.17, 15) is 9.59 Å². The number of aryl methyl sites for hydroxylation is 1. The van der Waals surface area contributed by atoms with E-state index in [0.29, 0.717) is 13.0 Å². The Labute approximate surface area is 108 Å². The highest BCUT2D eigenvalue weighted by atomic mass is 16.2. The van der Waals surface area contributed by atoms with Crippen molar-refractivity contribution in [1.29, 1.82) is 0 Å². The number of hydrogen-bond donors (Lipinski definition) is 3. The average molecular weight is 264 g/mol. The van der Waals surface area contributed by atoms with Crippen LogP contribution in [0.4, 0.5) is 11.5 Å². The molecule has 0 aliphatic carbocycles. The summed E-state index contributed by atoms with van der Waals surface area (Å²) in [6.45, 7) is 0.496. The van der Waals surface area contributed by atoms with Gasteiger partial charge < -0.3 is 15.6 Å². The highest BCUT2D eigenvalue weighted by Gasteiger charge is 2.09. The number of nitrogens with two attached hydrogens (primary N) is 1. The Morgan fingerprint density at radius 1 is 1.42 bits per heavy atom. The predicted octanol–water partition coefficient (Wildman–Crippen LogP) is -0.956. The van der Waals surface area contributed by atoms with E-state index < -0.39 is 11.2 Å². The average Bonchev–Trinajstić information content (AvgIpc) is 2.77. The minimum absolute atomic E-state index is 0.119. The molecule has 102 valence electrons. The monoisotopic (exact) mass is 264 g/mol. The van der Waals surface area contributed by atoms with Gasteiger partial charge >= 0.3 is 5.69 Å². The molecule has 2 aromatic rings. The fraction of sp³-hybridized carbons (Fsp3) is 0.364. The summed E-state index contributed by atoms with van der Waals surface area (Å²) in [4.78, 5) is 29.3. The molecule has 0 aromatic carbocycles. The zero-order valence-corrected chi connectivity index (χ0v) is 10.8. The maximum absolute atomic E-state index is 11.6. The van der Waals surface area contributed by atoms with Gasteiger partial charge in [0.2, 0.25) is 0 Å². The zero-order valence-electron chi connectivity index (χ0n) is 10.8. The number of H-pyrrole nitrogens is 1. The van der Waals surface area contributed by atoms with Gasteiger partial charge in [-0.2, -0.15) is 0 Å². The quantitative estimate of drug-likeness (QED) is 0.659. The molecule has 2 rings (SSSR count).